The van der Waals surface area contributed by atoms with Crippen LogP contribution in [-0.4, -0.2) is 6.54 Å². The minimum Gasteiger partial charge on any atom is -0.396 e. The fourth-order valence-electron chi connectivity index (χ4n) is 2.17. The summed E-state index contributed by atoms with van der Waals surface area (Å²) in [5.41, 5.74) is 7.51. The summed E-state index contributed by atoms with van der Waals surface area (Å²) in [6.45, 7) is 3.23. The molecule has 108 valence electrons. The van der Waals surface area contributed by atoms with Gasteiger partial charge in [0, 0.05) is 6.54 Å². The highest BCUT2D eigenvalue weighted by Crippen LogP contribution is 2.26. The first-order valence-corrected chi connectivity index (χ1v) is 7.91. The Morgan fingerprint density at radius 3 is 2.32 bits per heavy atom. The maximum absolute atomic E-state index is 5.97. The van der Waals surface area contributed by atoms with Crippen molar-refractivity contribution in [3.8, 4) is 0 Å². The van der Waals surface area contributed by atoms with E-state index in [2.05, 4.69) is 12.2 Å². The second-order valence-electron chi connectivity index (χ2n) is 5.10. The number of hydrogen-bond donors (Lipinski definition) is 2. The summed E-state index contributed by atoms with van der Waals surface area (Å²) in [7, 11) is 0. The predicted molar refractivity (Wildman–Crippen MR) is 87.0 cm³/mol. The molecule has 0 amide bonds. The molecule has 0 aliphatic carbocycles. The number of unbranched alkanes of at least 4 members (excludes halogenated alkanes) is 7. The largest absolute Gasteiger partial charge is 0.396 e. The number of rotatable bonds is 10. The molecule has 0 bridgehead atoms. The zero-order valence-electron chi connectivity index (χ0n) is 12.1. The Morgan fingerprint density at radius 2 is 1.63 bits per heavy atom. The van der Waals surface area contributed by atoms with E-state index in [1.807, 2.05) is 18.2 Å². The first kappa shape index (κ1) is 16.2. The van der Waals surface area contributed by atoms with Crippen LogP contribution < -0.4 is 11.1 Å². The molecule has 1 aromatic rings. The lowest BCUT2D eigenvalue weighted by atomic mass is 10.1. The van der Waals surface area contributed by atoms with Gasteiger partial charge in [0.2, 0.25) is 0 Å². The van der Waals surface area contributed by atoms with Gasteiger partial charge in [-0.25, -0.2) is 0 Å². The van der Waals surface area contributed by atoms with Crippen LogP contribution in [0.2, 0.25) is 5.02 Å². The molecule has 0 fully saturated rings. The van der Waals surface area contributed by atoms with Gasteiger partial charge in [-0.05, 0) is 18.6 Å². The highest BCUT2D eigenvalue weighted by atomic mass is 35.5. The zero-order valence-corrected chi connectivity index (χ0v) is 12.8. The van der Waals surface area contributed by atoms with E-state index in [0.717, 1.165) is 12.2 Å². The average molecular weight is 283 g/mol. The lowest BCUT2D eigenvalue weighted by molar-refractivity contribution is 0.581. The molecule has 0 aliphatic heterocycles. The summed E-state index contributed by atoms with van der Waals surface area (Å²) in [5, 5.41) is 3.98. The number of nitrogens with two attached hydrogens (primary N) is 1. The van der Waals surface area contributed by atoms with Crippen LogP contribution in [0.3, 0.4) is 0 Å². The summed E-state index contributed by atoms with van der Waals surface area (Å²) in [4.78, 5) is 0. The summed E-state index contributed by atoms with van der Waals surface area (Å²) >= 11 is 5.97. The Labute approximate surface area is 122 Å². The number of halogens is 1. The normalized spacial score (nSPS) is 10.6. The van der Waals surface area contributed by atoms with Crippen molar-refractivity contribution in [2.24, 2.45) is 0 Å². The maximum Gasteiger partial charge on any atom is 0.0739 e. The Bertz CT molecular complexity index is 353. The van der Waals surface area contributed by atoms with Gasteiger partial charge in [0.05, 0.1) is 16.4 Å². The van der Waals surface area contributed by atoms with Crippen molar-refractivity contribution in [1.82, 2.24) is 0 Å². The van der Waals surface area contributed by atoms with E-state index in [1.165, 1.54) is 51.4 Å². The van der Waals surface area contributed by atoms with Gasteiger partial charge in [0.25, 0.3) is 0 Å². The summed E-state index contributed by atoms with van der Waals surface area (Å²) in [6, 6.07) is 5.72. The molecular formula is C16H27ClN2. The highest BCUT2D eigenvalue weighted by molar-refractivity contribution is 6.33. The monoisotopic (exact) mass is 282 g/mol. The first-order valence-electron chi connectivity index (χ1n) is 7.53. The van der Waals surface area contributed by atoms with E-state index < -0.39 is 0 Å². The summed E-state index contributed by atoms with van der Waals surface area (Å²) < 4.78 is 0. The van der Waals surface area contributed by atoms with Crippen LogP contribution in [0.5, 0.6) is 0 Å². The fourth-order valence-corrected chi connectivity index (χ4v) is 2.35. The lowest BCUT2D eigenvalue weighted by Crippen LogP contribution is -2.04. The highest BCUT2D eigenvalue weighted by Gasteiger charge is 2.01. The van der Waals surface area contributed by atoms with Crippen LogP contribution in [0.15, 0.2) is 18.2 Å². The molecule has 0 unspecified atom stereocenters. The molecule has 19 heavy (non-hydrogen) atoms. The van der Waals surface area contributed by atoms with E-state index >= 15 is 0 Å². The van der Waals surface area contributed by atoms with Gasteiger partial charge in [0.1, 0.15) is 0 Å². The summed E-state index contributed by atoms with van der Waals surface area (Å²) in [6.07, 6.45) is 10.7. The Morgan fingerprint density at radius 1 is 1.00 bits per heavy atom. The third-order valence-corrected chi connectivity index (χ3v) is 3.73. The zero-order chi connectivity index (χ0) is 13.9. The number of nitrogens with one attached hydrogen (secondary N) is 1. The molecular weight excluding hydrogens is 256 g/mol. The molecule has 0 aliphatic rings. The number of hydrogen-bond acceptors (Lipinski definition) is 2. The topological polar surface area (TPSA) is 38.0 Å². The van der Waals surface area contributed by atoms with Gasteiger partial charge in [0.15, 0.2) is 0 Å². The molecule has 1 aromatic carbocycles. The van der Waals surface area contributed by atoms with Crippen molar-refractivity contribution in [3.05, 3.63) is 23.2 Å². The third-order valence-electron chi connectivity index (χ3n) is 3.40. The molecule has 0 saturated carbocycles. The number of nitrogen functional groups attached to an aromatic ring is 1. The van der Waals surface area contributed by atoms with E-state index in [0.29, 0.717) is 10.7 Å². The molecule has 0 saturated heterocycles. The Hall–Kier alpha value is -0.890. The van der Waals surface area contributed by atoms with Crippen molar-refractivity contribution in [3.63, 3.8) is 0 Å². The van der Waals surface area contributed by atoms with Crippen LogP contribution in [0.25, 0.3) is 0 Å². The molecule has 2 nitrogen and oxygen atoms in total. The van der Waals surface area contributed by atoms with Gasteiger partial charge >= 0.3 is 0 Å². The fraction of sp³-hybridized carbons (Fsp3) is 0.625. The second-order valence-corrected chi connectivity index (χ2v) is 5.51. The van der Waals surface area contributed by atoms with Gasteiger partial charge < -0.3 is 11.1 Å². The van der Waals surface area contributed by atoms with Crippen molar-refractivity contribution in [2.75, 3.05) is 17.6 Å². The van der Waals surface area contributed by atoms with Crippen LogP contribution in [0.4, 0.5) is 11.4 Å². The standard InChI is InChI=1S/C16H27ClN2/c1-2-3-4-5-6-7-8-9-13-19-15-12-10-11-14(17)16(15)18/h10-12,19H,2-9,13,18H2,1H3. The van der Waals surface area contributed by atoms with E-state index in [9.17, 15) is 0 Å². The van der Waals surface area contributed by atoms with Crippen molar-refractivity contribution < 1.29 is 0 Å². The summed E-state index contributed by atoms with van der Waals surface area (Å²) in [5.74, 6) is 0. The minimum atomic E-state index is 0.626. The van der Waals surface area contributed by atoms with Gasteiger partial charge in [-0.1, -0.05) is 69.5 Å². The molecule has 0 spiro atoms. The van der Waals surface area contributed by atoms with Gasteiger partial charge in [-0.3, -0.25) is 0 Å². The molecule has 3 heteroatoms. The second kappa shape index (κ2) is 9.96. The van der Waals surface area contributed by atoms with Crippen LogP contribution in [-0.2, 0) is 0 Å². The molecule has 3 N–H and O–H groups in total. The number of benzene rings is 1. The predicted octanol–water partition coefficient (Wildman–Crippen LogP) is 5.47. The number of para-hydroxylation sites is 1. The molecule has 0 atom stereocenters. The average Bonchev–Trinajstić information content (AvgIpc) is 2.41. The van der Waals surface area contributed by atoms with Crippen molar-refractivity contribution >= 4 is 23.0 Å². The van der Waals surface area contributed by atoms with E-state index in [4.69, 9.17) is 17.3 Å². The first-order chi connectivity index (χ1) is 9.25. The molecule has 0 heterocycles. The van der Waals surface area contributed by atoms with Crippen LogP contribution >= 0.6 is 11.6 Å². The Balaban J connectivity index is 2.03. The minimum absolute atomic E-state index is 0.626. The molecule has 0 aromatic heterocycles. The van der Waals surface area contributed by atoms with E-state index in [-0.39, 0.29) is 0 Å². The third kappa shape index (κ3) is 6.72. The SMILES string of the molecule is CCCCCCCCCCNc1cccc(Cl)c1N. The number of anilines is 2. The van der Waals surface area contributed by atoms with Gasteiger partial charge in [-0.15, -0.1) is 0 Å². The van der Waals surface area contributed by atoms with Gasteiger partial charge in [-0.2, -0.15) is 0 Å². The maximum atomic E-state index is 5.97. The molecule has 1 rings (SSSR count). The van der Waals surface area contributed by atoms with Crippen molar-refractivity contribution in [1.29, 1.82) is 0 Å². The molecule has 0 radical (unpaired) electrons. The smallest absolute Gasteiger partial charge is 0.0739 e. The van der Waals surface area contributed by atoms with Crippen LogP contribution in [0, 0.1) is 0 Å². The lowest BCUT2D eigenvalue weighted by Gasteiger charge is -2.10. The Kier molecular flexibility index (Phi) is 8.48. The van der Waals surface area contributed by atoms with E-state index in [1.54, 1.807) is 0 Å². The van der Waals surface area contributed by atoms with Crippen molar-refractivity contribution in [2.45, 2.75) is 58.3 Å². The van der Waals surface area contributed by atoms with Crippen LogP contribution in [0.1, 0.15) is 58.3 Å². The quantitative estimate of drug-likeness (QED) is 0.441.